The fourth-order valence-corrected chi connectivity index (χ4v) is 1.39. The molecule has 0 amide bonds. The van der Waals surface area contributed by atoms with Gasteiger partial charge in [0.2, 0.25) is 0 Å². The Morgan fingerprint density at radius 2 is 1.88 bits per heavy atom. The average Bonchev–Trinajstić information content (AvgIpc) is 1.77. The summed E-state index contributed by atoms with van der Waals surface area (Å²) in [6.07, 6.45) is 4.77. The molecule has 0 bridgehead atoms. The SMILES string of the molecule is N[C@@H]1CCCC[C@@H]1Cl. The highest BCUT2D eigenvalue weighted by atomic mass is 35.5. The molecule has 0 aromatic carbocycles. The van der Waals surface area contributed by atoms with Crippen molar-refractivity contribution in [2.45, 2.75) is 37.1 Å². The average molecular weight is 134 g/mol. The van der Waals surface area contributed by atoms with Crippen LogP contribution in [-0.4, -0.2) is 11.4 Å². The van der Waals surface area contributed by atoms with Crippen LogP contribution in [-0.2, 0) is 0 Å². The summed E-state index contributed by atoms with van der Waals surface area (Å²) in [6, 6.07) is 0.269. The standard InChI is InChI=1S/C6H12ClN/c7-5-3-1-2-4-6(5)8/h5-6H,1-4,8H2/t5-,6+/m0/s1. The van der Waals surface area contributed by atoms with E-state index in [9.17, 15) is 0 Å². The summed E-state index contributed by atoms with van der Waals surface area (Å²) in [7, 11) is 0. The predicted molar refractivity (Wildman–Crippen MR) is 36.1 cm³/mol. The van der Waals surface area contributed by atoms with Gasteiger partial charge in [-0.1, -0.05) is 12.8 Å². The molecule has 1 fully saturated rings. The van der Waals surface area contributed by atoms with E-state index in [2.05, 4.69) is 0 Å². The zero-order chi connectivity index (χ0) is 5.98. The number of rotatable bonds is 0. The second kappa shape index (κ2) is 2.70. The second-order valence-corrected chi connectivity index (χ2v) is 3.02. The van der Waals surface area contributed by atoms with Gasteiger partial charge in [-0.05, 0) is 12.8 Å². The molecule has 2 atom stereocenters. The van der Waals surface area contributed by atoms with Gasteiger partial charge in [-0.25, -0.2) is 0 Å². The molecule has 0 spiro atoms. The second-order valence-electron chi connectivity index (χ2n) is 2.46. The van der Waals surface area contributed by atoms with E-state index in [1.165, 1.54) is 12.8 Å². The Balaban J connectivity index is 2.28. The van der Waals surface area contributed by atoms with Crippen molar-refractivity contribution in [2.75, 3.05) is 0 Å². The molecule has 0 aliphatic heterocycles. The lowest BCUT2D eigenvalue weighted by molar-refractivity contribution is 0.448. The van der Waals surface area contributed by atoms with E-state index in [4.69, 9.17) is 17.3 Å². The minimum Gasteiger partial charge on any atom is -0.326 e. The van der Waals surface area contributed by atoms with Crippen LogP contribution in [0, 0.1) is 0 Å². The van der Waals surface area contributed by atoms with Gasteiger partial charge in [0.1, 0.15) is 0 Å². The quantitative estimate of drug-likeness (QED) is 0.498. The van der Waals surface area contributed by atoms with Gasteiger partial charge in [0.15, 0.2) is 0 Å². The van der Waals surface area contributed by atoms with E-state index in [1.54, 1.807) is 0 Å². The molecule has 0 unspecified atom stereocenters. The highest BCUT2D eigenvalue weighted by Gasteiger charge is 2.18. The van der Waals surface area contributed by atoms with Gasteiger partial charge >= 0.3 is 0 Å². The molecular formula is C6H12ClN. The zero-order valence-corrected chi connectivity index (χ0v) is 5.69. The topological polar surface area (TPSA) is 26.0 Å². The van der Waals surface area contributed by atoms with Crippen molar-refractivity contribution in [3.63, 3.8) is 0 Å². The molecule has 1 saturated carbocycles. The van der Waals surface area contributed by atoms with Gasteiger partial charge in [0.25, 0.3) is 0 Å². The van der Waals surface area contributed by atoms with E-state index < -0.39 is 0 Å². The summed E-state index contributed by atoms with van der Waals surface area (Å²) in [5.41, 5.74) is 5.65. The fraction of sp³-hybridized carbons (Fsp3) is 1.00. The van der Waals surface area contributed by atoms with E-state index in [0.717, 1.165) is 12.8 Å². The van der Waals surface area contributed by atoms with Gasteiger partial charge < -0.3 is 5.73 Å². The summed E-state index contributed by atoms with van der Waals surface area (Å²) in [4.78, 5) is 0. The van der Waals surface area contributed by atoms with Crippen LogP contribution >= 0.6 is 11.6 Å². The van der Waals surface area contributed by atoms with E-state index >= 15 is 0 Å². The molecule has 1 aliphatic carbocycles. The summed E-state index contributed by atoms with van der Waals surface area (Å²) >= 11 is 5.84. The van der Waals surface area contributed by atoms with Crippen LogP contribution in [0.2, 0.25) is 0 Å². The summed E-state index contributed by atoms with van der Waals surface area (Å²) < 4.78 is 0. The third-order valence-electron chi connectivity index (χ3n) is 1.73. The minimum atomic E-state index is 0.253. The van der Waals surface area contributed by atoms with Crippen molar-refractivity contribution < 1.29 is 0 Å². The van der Waals surface area contributed by atoms with Crippen LogP contribution in [0.25, 0.3) is 0 Å². The normalized spacial score (nSPS) is 39.8. The third kappa shape index (κ3) is 1.36. The van der Waals surface area contributed by atoms with E-state index in [0.29, 0.717) is 0 Å². The van der Waals surface area contributed by atoms with Gasteiger partial charge in [-0.2, -0.15) is 0 Å². The van der Waals surface area contributed by atoms with E-state index in [1.807, 2.05) is 0 Å². The van der Waals surface area contributed by atoms with Crippen molar-refractivity contribution in [1.82, 2.24) is 0 Å². The molecule has 0 aromatic heterocycles. The fourth-order valence-electron chi connectivity index (χ4n) is 1.11. The molecule has 1 rings (SSSR count). The first-order chi connectivity index (χ1) is 3.80. The Labute approximate surface area is 55.2 Å². The molecule has 48 valence electrons. The monoisotopic (exact) mass is 133 g/mol. The Morgan fingerprint density at radius 3 is 2.25 bits per heavy atom. The lowest BCUT2D eigenvalue weighted by Gasteiger charge is -2.22. The van der Waals surface area contributed by atoms with Crippen LogP contribution in [0.3, 0.4) is 0 Å². The molecule has 2 N–H and O–H groups in total. The van der Waals surface area contributed by atoms with Gasteiger partial charge in [0, 0.05) is 11.4 Å². The molecule has 1 aliphatic rings. The Bertz CT molecular complexity index is 64.9. The minimum absolute atomic E-state index is 0.253. The molecule has 2 heteroatoms. The number of alkyl halides is 1. The number of halogens is 1. The molecule has 0 saturated heterocycles. The first-order valence-corrected chi connectivity index (χ1v) is 3.64. The van der Waals surface area contributed by atoms with Gasteiger partial charge in [-0.15, -0.1) is 11.6 Å². The van der Waals surface area contributed by atoms with E-state index in [-0.39, 0.29) is 11.4 Å². The smallest absolute Gasteiger partial charge is 0.0487 e. The highest BCUT2D eigenvalue weighted by Crippen LogP contribution is 2.20. The lowest BCUT2D eigenvalue weighted by Crippen LogP contribution is -2.33. The van der Waals surface area contributed by atoms with Crippen LogP contribution in [0.4, 0.5) is 0 Å². The lowest BCUT2D eigenvalue weighted by atomic mass is 9.96. The first-order valence-electron chi connectivity index (χ1n) is 3.20. The summed E-state index contributed by atoms with van der Waals surface area (Å²) in [5.74, 6) is 0. The summed E-state index contributed by atoms with van der Waals surface area (Å²) in [5, 5.41) is 0.253. The predicted octanol–water partition coefficient (Wildman–Crippen LogP) is 1.50. The first kappa shape index (κ1) is 6.37. The molecule has 1 nitrogen and oxygen atoms in total. The van der Waals surface area contributed by atoms with Crippen molar-refractivity contribution >= 4 is 11.6 Å². The van der Waals surface area contributed by atoms with Gasteiger partial charge in [0.05, 0.1) is 0 Å². The zero-order valence-electron chi connectivity index (χ0n) is 4.94. The molecule has 0 aromatic rings. The number of hydrogen-bond donors (Lipinski definition) is 1. The van der Waals surface area contributed by atoms with Crippen LogP contribution in [0.5, 0.6) is 0 Å². The number of hydrogen-bond acceptors (Lipinski definition) is 1. The highest BCUT2D eigenvalue weighted by molar-refractivity contribution is 6.21. The maximum Gasteiger partial charge on any atom is 0.0487 e. The molecule has 0 heterocycles. The Kier molecular flexibility index (Phi) is 2.15. The van der Waals surface area contributed by atoms with Crippen LogP contribution in [0.15, 0.2) is 0 Å². The molecular weight excluding hydrogens is 122 g/mol. The summed E-state index contributed by atoms with van der Waals surface area (Å²) in [6.45, 7) is 0. The van der Waals surface area contributed by atoms with Crippen LogP contribution < -0.4 is 5.73 Å². The van der Waals surface area contributed by atoms with Crippen LogP contribution in [0.1, 0.15) is 25.7 Å². The van der Waals surface area contributed by atoms with Crippen molar-refractivity contribution in [2.24, 2.45) is 5.73 Å². The Hall–Kier alpha value is 0.250. The van der Waals surface area contributed by atoms with Crippen molar-refractivity contribution in [1.29, 1.82) is 0 Å². The van der Waals surface area contributed by atoms with Crippen molar-refractivity contribution in [3.8, 4) is 0 Å². The molecule has 8 heavy (non-hydrogen) atoms. The number of nitrogens with two attached hydrogens (primary N) is 1. The van der Waals surface area contributed by atoms with Gasteiger partial charge in [-0.3, -0.25) is 0 Å². The third-order valence-corrected chi connectivity index (χ3v) is 2.27. The maximum absolute atomic E-state index is 5.84. The van der Waals surface area contributed by atoms with Crippen molar-refractivity contribution in [3.05, 3.63) is 0 Å². The Morgan fingerprint density at radius 1 is 1.25 bits per heavy atom. The molecule has 0 radical (unpaired) electrons. The largest absolute Gasteiger partial charge is 0.326 e. The maximum atomic E-state index is 5.84.